The van der Waals surface area contributed by atoms with Crippen molar-refractivity contribution in [2.45, 2.75) is 44.6 Å². The van der Waals surface area contributed by atoms with E-state index in [1.165, 1.54) is 0 Å². The van der Waals surface area contributed by atoms with Crippen molar-refractivity contribution in [2.75, 3.05) is 6.61 Å². The van der Waals surface area contributed by atoms with E-state index in [2.05, 4.69) is 0 Å². The molecule has 36 heavy (non-hydrogen) atoms. The summed E-state index contributed by atoms with van der Waals surface area (Å²) in [5.41, 5.74) is 0. The lowest BCUT2D eigenvalue weighted by atomic mass is 10.1. The smallest absolute Gasteiger partial charge is 0.402 e. The van der Waals surface area contributed by atoms with E-state index in [0.717, 1.165) is 14.7 Å². The molecular weight excluding hydrogens is 530 g/mol. The number of rotatable bonds is 11. The van der Waals surface area contributed by atoms with Crippen LogP contribution in [0.25, 0.3) is 0 Å². The molecule has 0 radical (unpaired) electrons. The van der Waals surface area contributed by atoms with Crippen molar-refractivity contribution in [3.8, 4) is 5.75 Å². The van der Waals surface area contributed by atoms with E-state index in [4.69, 9.17) is 4.74 Å². The lowest BCUT2D eigenvalue weighted by Crippen LogP contribution is -2.57. The molecule has 0 spiro atoms. The molecule has 0 aromatic heterocycles. The van der Waals surface area contributed by atoms with Crippen LogP contribution in [0.5, 0.6) is 5.75 Å². The number of alkyl halides is 6. The Morgan fingerprint density at radius 3 is 1.61 bits per heavy atom. The lowest BCUT2D eigenvalue weighted by molar-refractivity contribution is -0.283. The Bertz CT molecular complexity index is 1200. The highest BCUT2D eigenvalue weighted by atomic mass is 32.2. The van der Waals surface area contributed by atoms with Crippen molar-refractivity contribution in [3.63, 3.8) is 0 Å². The van der Waals surface area contributed by atoms with Gasteiger partial charge in [-0.05, 0) is 55.0 Å². The van der Waals surface area contributed by atoms with Gasteiger partial charge in [0.2, 0.25) is 0 Å². The Labute approximate surface area is 207 Å². The maximum atomic E-state index is 13.7. The Balaban J connectivity index is 1.66. The average Bonchev–Trinajstić information content (AvgIpc) is 2.83. The fraction of sp³-hybridized carbons (Fsp3) is 0.250. The predicted molar refractivity (Wildman–Crippen MR) is 121 cm³/mol. The van der Waals surface area contributed by atoms with Crippen LogP contribution in [-0.2, 0) is 21.0 Å². The molecule has 0 aliphatic rings. The number of hydrogen-bond donors (Lipinski definition) is 0. The van der Waals surface area contributed by atoms with Crippen LogP contribution in [0.2, 0.25) is 0 Å². The summed E-state index contributed by atoms with van der Waals surface area (Å²) in [5, 5.41) is -6.46. The van der Waals surface area contributed by atoms with Crippen LogP contribution in [0.4, 0.5) is 26.3 Å². The fourth-order valence-corrected chi connectivity index (χ4v) is 5.75. The van der Waals surface area contributed by atoms with Gasteiger partial charge in [-0.3, -0.25) is 0 Å². The monoisotopic (exact) mass is 550 g/mol. The molecule has 0 unspecified atom stereocenters. The van der Waals surface area contributed by atoms with Crippen molar-refractivity contribution < 1.29 is 44.0 Å². The lowest BCUT2D eigenvalue weighted by Gasteiger charge is -2.33. The first kappa shape index (κ1) is 27.9. The van der Waals surface area contributed by atoms with Crippen molar-refractivity contribution in [1.82, 2.24) is 0 Å². The van der Waals surface area contributed by atoms with Crippen LogP contribution < -0.4 is 4.74 Å². The summed E-state index contributed by atoms with van der Waals surface area (Å²) >= 11 is 0. The second kappa shape index (κ2) is 10.7. The number of halogens is 6. The van der Waals surface area contributed by atoms with Gasteiger partial charge in [-0.1, -0.05) is 36.4 Å². The van der Waals surface area contributed by atoms with Crippen LogP contribution in [0.15, 0.2) is 99.6 Å². The molecule has 12 heteroatoms. The molecule has 0 atom stereocenters. The van der Waals surface area contributed by atoms with Crippen LogP contribution in [0.1, 0.15) is 12.8 Å². The van der Waals surface area contributed by atoms with Crippen LogP contribution >= 0.6 is 0 Å². The van der Waals surface area contributed by atoms with E-state index >= 15 is 0 Å². The average molecular weight is 551 g/mol. The molecule has 3 aromatic rings. The molecule has 0 heterocycles. The Morgan fingerprint density at radius 1 is 0.722 bits per heavy atom. The SMILES string of the molecule is O=S(=O)([O-])C(F)(F)C(F)(F)C(F)(F)CCCOc1ccc([S+](c2ccccc2)c2ccccc2)cc1. The number of ether oxygens (including phenoxy) is 1. The fourth-order valence-electron chi connectivity index (χ4n) is 3.20. The second-order valence-corrected chi connectivity index (χ2v) is 11.1. The first-order valence-electron chi connectivity index (χ1n) is 10.4. The molecule has 0 amide bonds. The highest BCUT2D eigenvalue weighted by Crippen LogP contribution is 2.49. The molecule has 3 aromatic carbocycles. The molecule has 194 valence electrons. The third kappa shape index (κ3) is 5.81. The second-order valence-electron chi connectivity index (χ2n) is 7.61. The van der Waals surface area contributed by atoms with Gasteiger partial charge in [-0.25, -0.2) is 8.42 Å². The summed E-state index contributed by atoms with van der Waals surface area (Å²) in [5.74, 6) is -11.6. The minimum atomic E-state index is -7.01. The normalized spacial score (nSPS) is 13.1. The standard InChI is InChI=1S/C24H20F6O4S2/c25-22(26,23(27,28)24(29,30)36(31,32)33)16-7-17-34-18-12-14-21(15-13-18)35(19-8-3-1-4-9-19)20-10-5-2-6-11-20/h1-6,8-15H,7,16-17H2. The van der Waals surface area contributed by atoms with Gasteiger partial charge in [0.05, 0.1) is 17.5 Å². The summed E-state index contributed by atoms with van der Waals surface area (Å²) in [6.07, 6.45) is -2.63. The topological polar surface area (TPSA) is 66.4 Å². The highest BCUT2D eigenvalue weighted by Gasteiger charge is 2.74. The Kier molecular flexibility index (Phi) is 8.31. The van der Waals surface area contributed by atoms with Crippen LogP contribution in [0, 0.1) is 0 Å². The van der Waals surface area contributed by atoms with Crippen molar-refractivity contribution in [1.29, 1.82) is 0 Å². The van der Waals surface area contributed by atoms with Gasteiger partial charge in [-0.2, -0.15) is 26.3 Å². The van der Waals surface area contributed by atoms with E-state index in [1.807, 2.05) is 60.7 Å². The predicted octanol–water partition coefficient (Wildman–Crippen LogP) is 6.35. The molecule has 3 rings (SSSR count). The summed E-state index contributed by atoms with van der Waals surface area (Å²) in [6.45, 7) is -0.538. The molecule has 0 bridgehead atoms. The third-order valence-corrected chi connectivity index (χ3v) is 8.17. The summed E-state index contributed by atoms with van der Waals surface area (Å²) in [7, 11) is -7.46. The van der Waals surface area contributed by atoms with Crippen molar-refractivity contribution in [3.05, 3.63) is 84.9 Å². The zero-order chi connectivity index (χ0) is 26.6. The number of benzene rings is 3. The van der Waals surface area contributed by atoms with Gasteiger partial charge < -0.3 is 9.29 Å². The van der Waals surface area contributed by atoms with Gasteiger partial charge in [0, 0.05) is 6.42 Å². The molecule has 0 fully saturated rings. The van der Waals surface area contributed by atoms with Gasteiger partial charge in [0.25, 0.3) is 0 Å². The molecular formula is C24H20F6O4S2. The molecule has 4 nitrogen and oxygen atoms in total. The first-order chi connectivity index (χ1) is 16.8. The van der Waals surface area contributed by atoms with E-state index in [1.54, 1.807) is 24.3 Å². The quantitative estimate of drug-likeness (QED) is 0.121. The van der Waals surface area contributed by atoms with Crippen LogP contribution in [-0.4, -0.2) is 36.7 Å². The van der Waals surface area contributed by atoms with E-state index in [-0.39, 0.29) is 5.75 Å². The number of hydrogen-bond acceptors (Lipinski definition) is 4. The van der Waals surface area contributed by atoms with E-state index in [0.29, 0.717) is 0 Å². The summed E-state index contributed by atoms with van der Waals surface area (Å²) in [6, 6.07) is 26.0. The van der Waals surface area contributed by atoms with Gasteiger partial charge in [0.1, 0.15) is 5.75 Å². The summed E-state index contributed by atoms with van der Waals surface area (Å²) in [4.78, 5) is 3.03. The van der Waals surface area contributed by atoms with Crippen molar-refractivity contribution >= 4 is 21.0 Å². The van der Waals surface area contributed by atoms with E-state index < -0.39 is 57.6 Å². The largest absolute Gasteiger partial charge is 0.743 e. The van der Waals surface area contributed by atoms with E-state index in [9.17, 15) is 39.3 Å². The highest BCUT2D eigenvalue weighted by molar-refractivity contribution is 7.97. The molecule has 0 aliphatic heterocycles. The molecule has 0 aliphatic carbocycles. The Hall–Kier alpha value is -2.70. The van der Waals surface area contributed by atoms with Gasteiger partial charge >= 0.3 is 17.1 Å². The minimum absolute atomic E-state index is 0.228. The van der Waals surface area contributed by atoms with Crippen molar-refractivity contribution in [2.24, 2.45) is 0 Å². The zero-order valence-corrected chi connectivity index (χ0v) is 20.1. The summed E-state index contributed by atoms with van der Waals surface area (Å²) < 4.78 is 117. The van der Waals surface area contributed by atoms with Crippen LogP contribution in [0.3, 0.4) is 0 Å². The minimum Gasteiger partial charge on any atom is -0.743 e. The molecule has 0 N–H and O–H groups in total. The first-order valence-corrected chi connectivity index (χ1v) is 13.1. The van der Waals surface area contributed by atoms with Gasteiger partial charge in [0.15, 0.2) is 24.8 Å². The molecule has 0 saturated carbocycles. The van der Waals surface area contributed by atoms with Gasteiger partial charge in [-0.15, -0.1) is 0 Å². The molecule has 0 saturated heterocycles. The maximum Gasteiger partial charge on any atom is 0.402 e. The third-order valence-electron chi connectivity index (χ3n) is 5.06. The zero-order valence-electron chi connectivity index (χ0n) is 18.4. The maximum absolute atomic E-state index is 13.7. The Morgan fingerprint density at radius 2 is 1.17 bits per heavy atom.